The maximum atomic E-state index is 11.7. The summed E-state index contributed by atoms with van der Waals surface area (Å²) in [6, 6.07) is 1.95. The summed E-state index contributed by atoms with van der Waals surface area (Å²) < 4.78 is 5.02. The van der Waals surface area contributed by atoms with Crippen LogP contribution in [0.15, 0.2) is 12.4 Å². The predicted molar refractivity (Wildman–Crippen MR) is 81.6 cm³/mol. The smallest absolute Gasteiger partial charge is 0.409 e. The summed E-state index contributed by atoms with van der Waals surface area (Å²) in [6.07, 6.45) is 2.40. The van der Waals surface area contributed by atoms with Gasteiger partial charge in [0.15, 0.2) is 0 Å². The maximum absolute atomic E-state index is 11.7. The molecule has 116 valence electrons. The van der Waals surface area contributed by atoms with Crippen molar-refractivity contribution in [2.24, 2.45) is 0 Å². The molecule has 2 heterocycles. The van der Waals surface area contributed by atoms with Crippen molar-refractivity contribution in [2.45, 2.75) is 20.3 Å². The Kier molecular flexibility index (Phi) is 5.59. The zero-order chi connectivity index (χ0) is 15.1. The topological polar surface area (TPSA) is 70.6 Å². The molecule has 0 aromatic carbocycles. The molecule has 0 spiro atoms. The van der Waals surface area contributed by atoms with Crippen LogP contribution in [0.4, 0.5) is 16.4 Å². The van der Waals surface area contributed by atoms with Gasteiger partial charge in [-0.15, -0.1) is 0 Å². The molecule has 1 aliphatic heterocycles. The lowest BCUT2D eigenvalue weighted by Gasteiger charge is -2.34. The molecule has 0 aliphatic carbocycles. The van der Waals surface area contributed by atoms with E-state index in [1.807, 2.05) is 13.0 Å². The van der Waals surface area contributed by atoms with Crippen LogP contribution in [0.3, 0.4) is 0 Å². The van der Waals surface area contributed by atoms with Crippen LogP contribution < -0.4 is 10.2 Å². The highest BCUT2D eigenvalue weighted by atomic mass is 16.6. The van der Waals surface area contributed by atoms with Crippen LogP contribution in [0.2, 0.25) is 0 Å². The van der Waals surface area contributed by atoms with Crippen LogP contribution in [0.25, 0.3) is 0 Å². The summed E-state index contributed by atoms with van der Waals surface area (Å²) in [5.41, 5.74) is 0. The molecule has 1 saturated heterocycles. The molecule has 1 aromatic heterocycles. The van der Waals surface area contributed by atoms with E-state index >= 15 is 0 Å². The zero-order valence-corrected chi connectivity index (χ0v) is 12.7. The molecule has 2 rings (SSSR count). The molecule has 7 heteroatoms. The van der Waals surface area contributed by atoms with E-state index in [9.17, 15) is 4.79 Å². The molecule has 21 heavy (non-hydrogen) atoms. The fourth-order valence-corrected chi connectivity index (χ4v) is 2.20. The predicted octanol–water partition coefficient (Wildman–Crippen LogP) is 1.58. The normalized spacial score (nSPS) is 15.0. The second-order valence-electron chi connectivity index (χ2n) is 4.86. The van der Waals surface area contributed by atoms with E-state index in [2.05, 4.69) is 27.1 Å². The molecule has 0 atom stereocenters. The number of piperazine rings is 1. The molecule has 0 unspecified atom stereocenters. The van der Waals surface area contributed by atoms with Crippen LogP contribution in [-0.4, -0.2) is 60.3 Å². The molecular formula is C14H23N5O2. The van der Waals surface area contributed by atoms with E-state index < -0.39 is 0 Å². The Morgan fingerprint density at radius 2 is 2.05 bits per heavy atom. The Hall–Kier alpha value is -2.05. The fourth-order valence-electron chi connectivity index (χ4n) is 2.20. The van der Waals surface area contributed by atoms with Crippen molar-refractivity contribution >= 4 is 17.7 Å². The molecule has 1 aliphatic rings. The van der Waals surface area contributed by atoms with Gasteiger partial charge in [0.25, 0.3) is 0 Å². The van der Waals surface area contributed by atoms with Gasteiger partial charge in [-0.1, -0.05) is 6.92 Å². The van der Waals surface area contributed by atoms with Gasteiger partial charge in [-0.25, -0.2) is 14.8 Å². The van der Waals surface area contributed by atoms with Gasteiger partial charge < -0.3 is 19.9 Å². The summed E-state index contributed by atoms with van der Waals surface area (Å²) >= 11 is 0. The average molecular weight is 293 g/mol. The average Bonchev–Trinajstić information content (AvgIpc) is 2.53. The number of carbonyl (C=O) groups excluding carboxylic acids is 1. The van der Waals surface area contributed by atoms with E-state index in [1.54, 1.807) is 11.2 Å². The first-order valence-corrected chi connectivity index (χ1v) is 7.47. The maximum Gasteiger partial charge on any atom is 0.409 e. The van der Waals surface area contributed by atoms with Gasteiger partial charge in [-0.3, -0.25) is 0 Å². The third-order valence-corrected chi connectivity index (χ3v) is 3.34. The Morgan fingerprint density at radius 3 is 2.71 bits per heavy atom. The van der Waals surface area contributed by atoms with Crippen molar-refractivity contribution in [2.75, 3.05) is 49.5 Å². The zero-order valence-electron chi connectivity index (χ0n) is 12.7. The van der Waals surface area contributed by atoms with Gasteiger partial charge in [0.05, 0.1) is 6.61 Å². The lowest BCUT2D eigenvalue weighted by molar-refractivity contribution is 0.105. The molecule has 0 radical (unpaired) electrons. The number of carbonyl (C=O) groups is 1. The molecule has 7 nitrogen and oxygen atoms in total. The highest BCUT2D eigenvalue weighted by molar-refractivity contribution is 5.68. The summed E-state index contributed by atoms with van der Waals surface area (Å²) in [4.78, 5) is 24.1. The fraction of sp³-hybridized carbons (Fsp3) is 0.643. The number of amides is 1. The van der Waals surface area contributed by atoms with Gasteiger partial charge in [-0.2, -0.15) is 0 Å². The number of rotatable bonds is 5. The first-order valence-electron chi connectivity index (χ1n) is 7.47. The lowest BCUT2D eigenvalue weighted by atomic mass is 10.3. The number of nitrogens with one attached hydrogen (secondary N) is 1. The standard InChI is InChI=1S/C14H23N5O2/c1-3-5-15-12-10-13(17-11-16-12)18-6-8-19(9-7-18)14(20)21-4-2/h10-11H,3-9H2,1-2H3,(H,15,16,17). The van der Waals surface area contributed by atoms with Crippen molar-refractivity contribution in [3.05, 3.63) is 12.4 Å². The van der Waals surface area contributed by atoms with Crippen LogP contribution in [-0.2, 0) is 4.74 Å². The number of nitrogens with zero attached hydrogens (tertiary/aromatic N) is 4. The van der Waals surface area contributed by atoms with Gasteiger partial charge in [0.1, 0.15) is 18.0 Å². The largest absolute Gasteiger partial charge is 0.450 e. The van der Waals surface area contributed by atoms with Crippen molar-refractivity contribution in [3.63, 3.8) is 0 Å². The van der Waals surface area contributed by atoms with Gasteiger partial charge in [0, 0.05) is 38.8 Å². The number of anilines is 2. The number of ether oxygens (including phenoxy) is 1. The van der Waals surface area contributed by atoms with Crippen molar-refractivity contribution in [1.29, 1.82) is 0 Å². The Bertz CT molecular complexity index is 460. The van der Waals surface area contributed by atoms with Crippen LogP contribution in [0.5, 0.6) is 0 Å². The Labute approximate surface area is 125 Å². The van der Waals surface area contributed by atoms with Crippen molar-refractivity contribution in [1.82, 2.24) is 14.9 Å². The minimum atomic E-state index is -0.231. The van der Waals surface area contributed by atoms with E-state index in [1.165, 1.54) is 0 Å². The molecule has 0 saturated carbocycles. The number of aromatic nitrogens is 2. The highest BCUT2D eigenvalue weighted by Gasteiger charge is 2.22. The second kappa shape index (κ2) is 7.66. The number of hydrogen-bond acceptors (Lipinski definition) is 6. The van der Waals surface area contributed by atoms with Gasteiger partial charge >= 0.3 is 6.09 Å². The Morgan fingerprint density at radius 1 is 1.29 bits per heavy atom. The third-order valence-electron chi connectivity index (χ3n) is 3.34. The summed E-state index contributed by atoms with van der Waals surface area (Å²) in [6.45, 7) is 8.06. The minimum Gasteiger partial charge on any atom is -0.450 e. The van der Waals surface area contributed by atoms with Gasteiger partial charge in [-0.05, 0) is 13.3 Å². The van der Waals surface area contributed by atoms with Crippen LogP contribution >= 0.6 is 0 Å². The van der Waals surface area contributed by atoms with E-state index in [-0.39, 0.29) is 6.09 Å². The quantitative estimate of drug-likeness (QED) is 0.888. The second-order valence-corrected chi connectivity index (χ2v) is 4.86. The summed E-state index contributed by atoms with van der Waals surface area (Å²) in [5, 5.41) is 3.26. The third kappa shape index (κ3) is 4.21. The molecule has 1 fully saturated rings. The number of hydrogen-bond donors (Lipinski definition) is 1. The SMILES string of the molecule is CCCNc1cc(N2CCN(C(=O)OCC)CC2)ncn1. The van der Waals surface area contributed by atoms with Crippen molar-refractivity contribution < 1.29 is 9.53 Å². The molecular weight excluding hydrogens is 270 g/mol. The molecule has 1 amide bonds. The molecule has 1 N–H and O–H groups in total. The highest BCUT2D eigenvalue weighted by Crippen LogP contribution is 2.16. The Balaban J connectivity index is 1.91. The summed E-state index contributed by atoms with van der Waals surface area (Å²) in [7, 11) is 0. The molecule has 0 bridgehead atoms. The van der Waals surface area contributed by atoms with Crippen molar-refractivity contribution in [3.8, 4) is 0 Å². The van der Waals surface area contributed by atoms with E-state index in [0.29, 0.717) is 19.7 Å². The monoisotopic (exact) mass is 293 g/mol. The molecule has 1 aromatic rings. The first kappa shape index (κ1) is 15.3. The van der Waals surface area contributed by atoms with E-state index in [0.717, 1.165) is 37.7 Å². The van der Waals surface area contributed by atoms with Gasteiger partial charge in [0.2, 0.25) is 0 Å². The van der Waals surface area contributed by atoms with Crippen LogP contribution in [0, 0.1) is 0 Å². The van der Waals surface area contributed by atoms with Crippen LogP contribution in [0.1, 0.15) is 20.3 Å². The lowest BCUT2D eigenvalue weighted by Crippen LogP contribution is -2.49. The van der Waals surface area contributed by atoms with E-state index in [4.69, 9.17) is 4.74 Å². The first-order chi connectivity index (χ1) is 10.2. The minimum absolute atomic E-state index is 0.231. The summed E-state index contributed by atoms with van der Waals surface area (Å²) in [5.74, 6) is 1.74.